The van der Waals surface area contributed by atoms with Gasteiger partial charge >= 0.3 is 0 Å². The van der Waals surface area contributed by atoms with Gasteiger partial charge < -0.3 is 14.2 Å². The average Bonchev–Trinajstić information content (AvgIpc) is 3.40. The molecule has 2 aliphatic rings. The molecule has 0 aliphatic carbocycles. The second kappa shape index (κ2) is 7.50. The van der Waals surface area contributed by atoms with Gasteiger partial charge in [-0.15, -0.1) is 0 Å². The minimum Gasteiger partial charge on any atom is -0.459 e. The van der Waals surface area contributed by atoms with E-state index >= 15 is 0 Å². The summed E-state index contributed by atoms with van der Waals surface area (Å²) in [6.45, 7) is 2.42. The molecule has 2 amide bonds. The Balaban J connectivity index is 1.38. The highest BCUT2D eigenvalue weighted by molar-refractivity contribution is 5.91. The minimum atomic E-state index is -0.301. The summed E-state index contributed by atoms with van der Waals surface area (Å²) in [7, 11) is 0. The molecule has 7 nitrogen and oxygen atoms in total. The van der Waals surface area contributed by atoms with Crippen LogP contribution in [0.1, 0.15) is 22.2 Å². The molecule has 0 bridgehead atoms. The van der Waals surface area contributed by atoms with Crippen LogP contribution in [0.25, 0.3) is 0 Å². The maximum atomic E-state index is 13.2. The van der Waals surface area contributed by atoms with Crippen molar-refractivity contribution in [1.29, 1.82) is 0 Å². The van der Waals surface area contributed by atoms with E-state index in [4.69, 9.17) is 4.42 Å². The number of carbonyl (C=O) groups is 2. The molecule has 2 N–H and O–H groups in total. The Hall–Kier alpha value is -2.71. The summed E-state index contributed by atoms with van der Waals surface area (Å²) in [6, 6.07) is 9.30. The molecule has 1 aromatic carbocycles. The van der Waals surface area contributed by atoms with Crippen LogP contribution in [0.3, 0.4) is 0 Å². The minimum absolute atomic E-state index is 0.0342. The zero-order chi connectivity index (χ0) is 18.8. The summed E-state index contributed by atoms with van der Waals surface area (Å²) >= 11 is 0. The third kappa shape index (κ3) is 3.58. The Labute approximate surface area is 156 Å². The molecule has 2 aliphatic heterocycles. The van der Waals surface area contributed by atoms with Gasteiger partial charge in [-0.25, -0.2) is 9.82 Å². The number of rotatable bonds is 3. The summed E-state index contributed by atoms with van der Waals surface area (Å²) in [5.74, 6) is -0.379. The molecule has 0 radical (unpaired) electrons. The standard InChI is InChI=1S/C19H21FN4O3/c20-14-5-3-13(4-6-14)17-15(12-21-22-17)18(25)23-7-9-24(10-8-23)19(26)16-2-1-11-27-16/h1-6,11,15,17,21-22H,7-10,12H2. The zero-order valence-electron chi connectivity index (χ0n) is 14.7. The molecular formula is C19H21FN4O3. The Morgan fingerprint density at radius 1 is 1.04 bits per heavy atom. The predicted molar refractivity (Wildman–Crippen MR) is 95.0 cm³/mol. The van der Waals surface area contributed by atoms with Crippen molar-refractivity contribution in [2.45, 2.75) is 6.04 Å². The highest BCUT2D eigenvalue weighted by Crippen LogP contribution is 2.27. The van der Waals surface area contributed by atoms with Crippen molar-refractivity contribution >= 4 is 11.8 Å². The first-order chi connectivity index (χ1) is 13.1. The number of benzene rings is 1. The highest BCUT2D eigenvalue weighted by Gasteiger charge is 2.37. The maximum absolute atomic E-state index is 13.2. The van der Waals surface area contributed by atoms with Gasteiger partial charge in [-0.05, 0) is 29.8 Å². The molecule has 27 heavy (non-hydrogen) atoms. The van der Waals surface area contributed by atoms with Crippen LogP contribution < -0.4 is 10.9 Å². The molecule has 2 saturated heterocycles. The summed E-state index contributed by atoms with van der Waals surface area (Å²) in [4.78, 5) is 28.8. The molecule has 0 spiro atoms. The van der Waals surface area contributed by atoms with Crippen LogP contribution in [-0.2, 0) is 4.79 Å². The van der Waals surface area contributed by atoms with Gasteiger partial charge in [0.2, 0.25) is 5.91 Å². The second-order valence-corrected chi connectivity index (χ2v) is 6.76. The Bertz CT molecular complexity index is 801. The molecule has 3 heterocycles. The van der Waals surface area contributed by atoms with E-state index in [0.29, 0.717) is 38.5 Å². The van der Waals surface area contributed by atoms with E-state index in [9.17, 15) is 14.0 Å². The lowest BCUT2D eigenvalue weighted by molar-refractivity contribution is -0.137. The number of hydrazine groups is 1. The third-order valence-electron chi connectivity index (χ3n) is 5.14. The van der Waals surface area contributed by atoms with Crippen LogP contribution in [0.5, 0.6) is 0 Å². The van der Waals surface area contributed by atoms with Crippen molar-refractivity contribution in [3.05, 3.63) is 59.8 Å². The molecule has 2 aromatic rings. The van der Waals surface area contributed by atoms with Gasteiger partial charge in [0.25, 0.3) is 5.91 Å². The summed E-state index contributed by atoms with van der Waals surface area (Å²) in [5, 5.41) is 0. The van der Waals surface area contributed by atoms with Crippen LogP contribution in [0, 0.1) is 11.7 Å². The van der Waals surface area contributed by atoms with E-state index in [1.54, 1.807) is 34.1 Å². The quantitative estimate of drug-likeness (QED) is 0.846. The number of carbonyl (C=O) groups excluding carboxylic acids is 2. The SMILES string of the molecule is O=C(c1ccco1)N1CCN(C(=O)C2CNNC2c2ccc(F)cc2)CC1. The molecule has 2 atom stereocenters. The molecule has 0 saturated carbocycles. The van der Waals surface area contributed by atoms with Gasteiger partial charge in [-0.1, -0.05) is 12.1 Å². The van der Waals surface area contributed by atoms with Crippen molar-refractivity contribution in [3.63, 3.8) is 0 Å². The number of furan rings is 1. The third-order valence-corrected chi connectivity index (χ3v) is 5.14. The van der Waals surface area contributed by atoms with Crippen molar-refractivity contribution < 1.29 is 18.4 Å². The summed E-state index contributed by atoms with van der Waals surface area (Å²) in [6.07, 6.45) is 1.47. The van der Waals surface area contributed by atoms with E-state index in [2.05, 4.69) is 10.9 Å². The molecule has 4 rings (SSSR count). The number of hydrogen-bond acceptors (Lipinski definition) is 5. The van der Waals surface area contributed by atoms with E-state index < -0.39 is 0 Å². The Morgan fingerprint density at radius 3 is 2.41 bits per heavy atom. The lowest BCUT2D eigenvalue weighted by atomic mass is 9.93. The average molecular weight is 372 g/mol. The Morgan fingerprint density at radius 2 is 1.74 bits per heavy atom. The van der Waals surface area contributed by atoms with Crippen LogP contribution in [-0.4, -0.2) is 54.3 Å². The van der Waals surface area contributed by atoms with Crippen LogP contribution in [0.4, 0.5) is 4.39 Å². The van der Waals surface area contributed by atoms with E-state index in [1.807, 2.05) is 0 Å². The molecule has 2 fully saturated rings. The molecular weight excluding hydrogens is 351 g/mol. The number of piperazine rings is 1. The maximum Gasteiger partial charge on any atom is 0.289 e. The van der Waals surface area contributed by atoms with Crippen molar-refractivity contribution in [2.24, 2.45) is 5.92 Å². The smallest absolute Gasteiger partial charge is 0.289 e. The lowest BCUT2D eigenvalue weighted by Gasteiger charge is -2.36. The van der Waals surface area contributed by atoms with Gasteiger partial charge in [0.05, 0.1) is 18.2 Å². The van der Waals surface area contributed by atoms with Crippen molar-refractivity contribution in [1.82, 2.24) is 20.7 Å². The number of nitrogens with zero attached hydrogens (tertiary/aromatic N) is 2. The fourth-order valence-electron chi connectivity index (χ4n) is 3.63. The summed E-state index contributed by atoms with van der Waals surface area (Å²) in [5.41, 5.74) is 7.01. The van der Waals surface area contributed by atoms with Crippen LogP contribution in [0.2, 0.25) is 0 Å². The number of nitrogens with one attached hydrogen (secondary N) is 2. The van der Waals surface area contributed by atoms with E-state index in [-0.39, 0.29) is 29.6 Å². The van der Waals surface area contributed by atoms with E-state index in [0.717, 1.165) is 5.56 Å². The van der Waals surface area contributed by atoms with Gasteiger partial charge in [0.15, 0.2) is 5.76 Å². The van der Waals surface area contributed by atoms with Crippen molar-refractivity contribution in [2.75, 3.05) is 32.7 Å². The first-order valence-corrected chi connectivity index (χ1v) is 8.99. The normalized spacial score (nSPS) is 22.9. The largest absolute Gasteiger partial charge is 0.459 e. The number of halogens is 1. The van der Waals surface area contributed by atoms with Gasteiger partial charge in [0, 0.05) is 32.7 Å². The van der Waals surface area contributed by atoms with Gasteiger partial charge in [0.1, 0.15) is 5.82 Å². The molecule has 142 valence electrons. The number of amides is 2. The first-order valence-electron chi connectivity index (χ1n) is 8.99. The van der Waals surface area contributed by atoms with E-state index in [1.165, 1.54) is 18.4 Å². The molecule has 1 aromatic heterocycles. The monoisotopic (exact) mass is 372 g/mol. The van der Waals surface area contributed by atoms with Crippen LogP contribution >= 0.6 is 0 Å². The zero-order valence-corrected chi connectivity index (χ0v) is 14.7. The lowest BCUT2D eigenvalue weighted by Crippen LogP contribution is -2.52. The highest BCUT2D eigenvalue weighted by atomic mass is 19.1. The predicted octanol–water partition coefficient (Wildman–Crippen LogP) is 1.17. The topological polar surface area (TPSA) is 77.8 Å². The molecule has 8 heteroatoms. The fourth-order valence-corrected chi connectivity index (χ4v) is 3.63. The summed E-state index contributed by atoms with van der Waals surface area (Å²) < 4.78 is 18.3. The number of hydrogen-bond donors (Lipinski definition) is 2. The van der Waals surface area contributed by atoms with Crippen molar-refractivity contribution in [3.8, 4) is 0 Å². The fraction of sp³-hybridized carbons (Fsp3) is 0.368. The van der Waals surface area contributed by atoms with Crippen LogP contribution in [0.15, 0.2) is 47.1 Å². The molecule has 2 unspecified atom stereocenters. The van der Waals surface area contributed by atoms with Gasteiger partial charge in [-0.2, -0.15) is 0 Å². The second-order valence-electron chi connectivity index (χ2n) is 6.76. The Kier molecular flexibility index (Phi) is 4.91. The first kappa shape index (κ1) is 17.7. The van der Waals surface area contributed by atoms with Gasteiger partial charge in [-0.3, -0.25) is 15.0 Å².